The standard InChI is InChI=1S/C34H36F2N4O5/c1-33(2,3)45-32(43)39-28(21-23-15-17-25(18-16-23)44-22-24-11-5-4-6-12-24)30(41)34(35,36)31(42)40-29(26-13-7-9-19-37-26)27-14-8-10-20-38-27/h4-20,28-30,41H,21-22H2,1-3H3,(H,39,43)(H,40,42). The van der Waals surface area contributed by atoms with Gasteiger partial charge in [-0.1, -0.05) is 54.6 Å². The van der Waals surface area contributed by atoms with Crippen LogP contribution >= 0.6 is 0 Å². The summed E-state index contributed by atoms with van der Waals surface area (Å²) in [6.45, 7) is 5.18. The molecule has 0 fully saturated rings. The fraction of sp³-hybridized carbons (Fsp3) is 0.294. The normalized spacial score (nSPS) is 13.0. The molecule has 4 rings (SSSR count). The molecule has 0 aliphatic rings. The second-order valence-corrected chi connectivity index (χ2v) is 11.4. The third-order valence-corrected chi connectivity index (χ3v) is 6.63. The average Bonchev–Trinajstić information content (AvgIpc) is 3.03. The van der Waals surface area contributed by atoms with Gasteiger partial charge < -0.3 is 25.2 Å². The van der Waals surface area contributed by atoms with Crippen molar-refractivity contribution in [2.75, 3.05) is 0 Å². The number of hydrogen-bond acceptors (Lipinski definition) is 7. The summed E-state index contributed by atoms with van der Waals surface area (Å²) in [7, 11) is 0. The molecule has 236 valence electrons. The molecular formula is C34H36F2N4O5. The average molecular weight is 619 g/mol. The topological polar surface area (TPSA) is 123 Å². The van der Waals surface area contributed by atoms with Crippen LogP contribution in [0.5, 0.6) is 5.75 Å². The molecule has 2 atom stereocenters. The maximum Gasteiger partial charge on any atom is 0.407 e. The van der Waals surface area contributed by atoms with E-state index in [0.29, 0.717) is 17.9 Å². The van der Waals surface area contributed by atoms with Crippen LogP contribution in [-0.4, -0.2) is 50.7 Å². The number of hydrogen-bond donors (Lipinski definition) is 3. The first kappa shape index (κ1) is 33.0. The smallest absolute Gasteiger partial charge is 0.407 e. The van der Waals surface area contributed by atoms with Gasteiger partial charge in [0, 0.05) is 12.4 Å². The van der Waals surface area contributed by atoms with Crippen LogP contribution in [0.3, 0.4) is 0 Å². The maximum absolute atomic E-state index is 15.8. The highest BCUT2D eigenvalue weighted by Gasteiger charge is 2.51. The molecule has 2 amide bonds. The van der Waals surface area contributed by atoms with Gasteiger partial charge >= 0.3 is 12.0 Å². The Morgan fingerprint density at radius 2 is 1.38 bits per heavy atom. The second-order valence-electron chi connectivity index (χ2n) is 11.4. The van der Waals surface area contributed by atoms with Crippen molar-refractivity contribution >= 4 is 12.0 Å². The van der Waals surface area contributed by atoms with E-state index >= 15 is 8.78 Å². The SMILES string of the molecule is CC(C)(C)OC(=O)NC(Cc1ccc(OCc2ccccc2)cc1)C(O)C(F)(F)C(=O)NC(c1ccccn1)c1ccccn1. The van der Waals surface area contributed by atoms with Crippen LogP contribution < -0.4 is 15.4 Å². The number of aliphatic hydroxyl groups excluding tert-OH is 1. The molecule has 0 aliphatic carbocycles. The number of rotatable bonds is 12. The summed E-state index contributed by atoms with van der Waals surface area (Å²) in [5.41, 5.74) is 1.08. The molecule has 2 aromatic carbocycles. The lowest BCUT2D eigenvalue weighted by Crippen LogP contribution is -2.59. The summed E-state index contributed by atoms with van der Waals surface area (Å²) >= 11 is 0. The predicted octanol–water partition coefficient (Wildman–Crippen LogP) is 5.39. The Kier molecular flexibility index (Phi) is 10.8. The molecule has 2 heterocycles. The molecule has 0 radical (unpaired) electrons. The third-order valence-electron chi connectivity index (χ3n) is 6.63. The van der Waals surface area contributed by atoms with E-state index < -0.39 is 41.7 Å². The summed E-state index contributed by atoms with van der Waals surface area (Å²) in [6, 6.07) is 23.1. The number of alkyl halides is 2. The van der Waals surface area contributed by atoms with Gasteiger partial charge in [-0.05, 0) is 74.7 Å². The maximum atomic E-state index is 15.8. The minimum Gasteiger partial charge on any atom is -0.489 e. The summed E-state index contributed by atoms with van der Waals surface area (Å²) in [5.74, 6) is -5.57. The molecule has 0 spiro atoms. The summed E-state index contributed by atoms with van der Waals surface area (Å²) in [4.78, 5) is 34.2. The number of nitrogens with zero attached hydrogens (tertiary/aromatic N) is 2. The van der Waals surface area contributed by atoms with E-state index in [-0.39, 0.29) is 17.8 Å². The van der Waals surface area contributed by atoms with Gasteiger partial charge in [-0.15, -0.1) is 0 Å². The highest BCUT2D eigenvalue weighted by Crippen LogP contribution is 2.27. The van der Waals surface area contributed by atoms with E-state index in [1.165, 1.54) is 12.4 Å². The van der Waals surface area contributed by atoms with Gasteiger partial charge in [0.05, 0.1) is 17.4 Å². The molecule has 2 aromatic heterocycles. The van der Waals surface area contributed by atoms with Crippen molar-refractivity contribution in [1.82, 2.24) is 20.6 Å². The van der Waals surface area contributed by atoms with E-state index in [1.807, 2.05) is 30.3 Å². The number of pyridine rings is 2. The molecule has 3 N–H and O–H groups in total. The van der Waals surface area contributed by atoms with Crippen molar-refractivity contribution in [1.29, 1.82) is 0 Å². The predicted molar refractivity (Wildman–Crippen MR) is 163 cm³/mol. The van der Waals surface area contributed by atoms with Crippen LogP contribution in [0.1, 0.15) is 49.3 Å². The van der Waals surface area contributed by atoms with Gasteiger partial charge in [-0.25, -0.2) is 4.79 Å². The van der Waals surface area contributed by atoms with Gasteiger partial charge in [0.15, 0.2) is 0 Å². The van der Waals surface area contributed by atoms with Crippen LogP contribution in [0.4, 0.5) is 13.6 Å². The first-order chi connectivity index (χ1) is 21.4. The van der Waals surface area contributed by atoms with E-state index in [0.717, 1.165) is 5.56 Å². The van der Waals surface area contributed by atoms with Gasteiger partial charge in [0.2, 0.25) is 0 Å². The van der Waals surface area contributed by atoms with E-state index in [9.17, 15) is 14.7 Å². The highest BCUT2D eigenvalue weighted by atomic mass is 19.3. The Balaban J connectivity index is 1.53. The van der Waals surface area contributed by atoms with Crippen molar-refractivity contribution < 1.29 is 33.0 Å². The molecular weight excluding hydrogens is 582 g/mol. The lowest BCUT2D eigenvalue weighted by atomic mass is 9.96. The Labute approximate surface area is 260 Å². The molecule has 2 unspecified atom stereocenters. The van der Waals surface area contributed by atoms with Gasteiger partial charge in [0.25, 0.3) is 5.91 Å². The Hall–Kier alpha value is -4.90. The van der Waals surface area contributed by atoms with Crippen LogP contribution in [0.25, 0.3) is 0 Å². The minimum absolute atomic E-state index is 0.244. The minimum atomic E-state index is -4.35. The molecule has 0 bridgehead atoms. The second kappa shape index (κ2) is 14.7. The fourth-order valence-corrected chi connectivity index (χ4v) is 4.42. The number of halogens is 2. The molecule has 9 nitrogen and oxygen atoms in total. The number of aliphatic hydroxyl groups is 1. The number of carbonyl (C=O) groups is 2. The van der Waals surface area contributed by atoms with Crippen LogP contribution in [-0.2, 0) is 22.6 Å². The Morgan fingerprint density at radius 1 is 0.800 bits per heavy atom. The number of amides is 2. The number of ether oxygens (including phenoxy) is 2. The summed E-state index contributed by atoms with van der Waals surface area (Å²) in [6.07, 6.45) is -0.976. The Morgan fingerprint density at radius 3 is 1.91 bits per heavy atom. The Bertz CT molecular complexity index is 1480. The summed E-state index contributed by atoms with van der Waals surface area (Å²) < 4.78 is 42.6. The van der Waals surface area contributed by atoms with E-state index in [1.54, 1.807) is 81.4 Å². The van der Waals surface area contributed by atoms with Gasteiger partial charge in [-0.2, -0.15) is 8.78 Å². The fourth-order valence-electron chi connectivity index (χ4n) is 4.42. The first-order valence-corrected chi connectivity index (χ1v) is 14.4. The largest absolute Gasteiger partial charge is 0.489 e. The van der Waals surface area contributed by atoms with Crippen LogP contribution in [0, 0.1) is 0 Å². The lowest BCUT2D eigenvalue weighted by Gasteiger charge is -2.31. The lowest BCUT2D eigenvalue weighted by molar-refractivity contribution is -0.167. The number of nitrogens with one attached hydrogen (secondary N) is 2. The number of aromatic nitrogens is 2. The van der Waals surface area contributed by atoms with Crippen molar-refractivity contribution in [3.8, 4) is 5.75 Å². The van der Waals surface area contributed by atoms with Crippen molar-refractivity contribution in [2.24, 2.45) is 0 Å². The number of carbonyl (C=O) groups excluding carboxylic acids is 2. The van der Waals surface area contributed by atoms with E-state index in [4.69, 9.17) is 9.47 Å². The van der Waals surface area contributed by atoms with Gasteiger partial charge in [0.1, 0.15) is 30.1 Å². The molecule has 0 saturated heterocycles. The summed E-state index contributed by atoms with van der Waals surface area (Å²) in [5, 5.41) is 15.6. The molecule has 4 aromatic rings. The monoisotopic (exact) mass is 618 g/mol. The van der Waals surface area contributed by atoms with Crippen LogP contribution in [0.2, 0.25) is 0 Å². The number of alkyl carbamates (subject to hydrolysis) is 1. The van der Waals surface area contributed by atoms with Gasteiger partial charge in [-0.3, -0.25) is 14.8 Å². The quantitative estimate of drug-likeness (QED) is 0.195. The van der Waals surface area contributed by atoms with Crippen LogP contribution in [0.15, 0.2) is 103 Å². The molecule has 45 heavy (non-hydrogen) atoms. The van der Waals surface area contributed by atoms with E-state index in [2.05, 4.69) is 20.6 Å². The zero-order valence-corrected chi connectivity index (χ0v) is 25.2. The highest BCUT2D eigenvalue weighted by molar-refractivity contribution is 5.85. The zero-order valence-electron chi connectivity index (χ0n) is 25.2. The first-order valence-electron chi connectivity index (χ1n) is 14.4. The molecule has 11 heteroatoms. The van der Waals surface area contributed by atoms with Crippen molar-refractivity contribution in [3.05, 3.63) is 126 Å². The molecule has 0 aliphatic heterocycles. The third kappa shape index (κ3) is 9.54. The van der Waals surface area contributed by atoms with Crippen molar-refractivity contribution in [3.63, 3.8) is 0 Å². The molecule has 0 saturated carbocycles. The van der Waals surface area contributed by atoms with Crippen molar-refractivity contribution in [2.45, 2.75) is 63.5 Å². The number of benzene rings is 2. The zero-order chi connectivity index (χ0) is 32.5.